The molecule has 0 bridgehead atoms. The van der Waals surface area contributed by atoms with E-state index in [0.717, 1.165) is 0 Å². The summed E-state index contributed by atoms with van der Waals surface area (Å²) >= 11 is 0. The molecule has 5 heteroatoms. The number of aromatic nitrogens is 1. The van der Waals surface area contributed by atoms with Crippen LogP contribution < -0.4 is 5.56 Å². The lowest BCUT2D eigenvalue weighted by molar-refractivity contribution is 0.0600. The van der Waals surface area contributed by atoms with Crippen LogP contribution in [0.3, 0.4) is 0 Å². The van der Waals surface area contributed by atoms with Gasteiger partial charge in [0.1, 0.15) is 11.6 Å². The first-order valence-electron chi connectivity index (χ1n) is 4.22. The Morgan fingerprint density at radius 1 is 1.60 bits per heavy atom. The van der Waals surface area contributed by atoms with Gasteiger partial charge < -0.3 is 9.30 Å². The van der Waals surface area contributed by atoms with Gasteiger partial charge in [-0.15, -0.1) is 0 Å². The smallest absolute Gasteiger partial charge is 0.339 e. The van der Waals surface area contributed by atoms with E-state index in [1.165, 1.54) is 17.7 Å². The van der Waals surface area contributed by atoms with Crippen molar-refractivity contribution in [1.29, 1.82) is 5.26 Å². The van der Waals surface area contributed by atoms with Crippen LogP contribution in [0.5, 0.6) is 0 Å². The Morgan fingerprint density at radius 2 is 2.20 bits per heavy atom. The number of hydrogen-bond donors (Lipinski definition) is 0. The number of carbonyl (C=O) groups is 1. The van der Waals surface area contributed by atoms with Crippen molar-refractivity contribution in [3.63, 3.8) is 0 Å². The third-order valence-electron chi connectivity index (χ3n) is 2.19. The number of ether oxygens (including phenoxy) is 1. The van der Waals surface area contributed by atoms with E-state index < -0.39 is 11.5 Å². The lowest BCUT2D eigenvalue weighted by Crippen LogP contribution is -2.25. The molecular weight excluding hydrogens is 196 g/mol. The van der Waals surface area contributed by atoms with Gasteiger partial charge in [-0.25, -0.2) is 4.79 Å². The summed E-state index contributed by atoms with van der Waals surface area (Å²) in [6.45, 7) is 1.68. The standard InChI is InChI=1S/C10H10N2O3/c1-6-4-7(10(14)15-3)8(5-11)9(13)12(6)2/h4H,1-3H3. The number of pyridine rings is 1. The molecule has 0 aliphatic carbocycles. The maximum atomic E-state index is 11.6. The summed E-state index contributed by atoms with van der Waals surface area (Å²) in [7, 11) is 2.75. The minimum absolute atomic E-state index is 0.0144. The van der Waals surface area contributed by atoms with E-state index in [9.17, 15) is 9.59 Å². The van der Waals surface area contributed by atoms with Crippen LogP contribution in [0, 0.1) is 18.3 Å². The van der Waals surface area contributed by atoms with E-state index in [1.54, 1.807) is 20.0 Å². The van der Waals surface area contributed by atoms with Gasteiger partial charge in [-0.05, 0) is 13.0 Å². The second kappa shape index (κ2) is 3.96. The van der Waals surface area contributed by atoms with Crippen LogP contribution in [0.15, 0.2) is 10.9 Å². The Morgan fingerprint density at radius 3 is 2.67 bits per heavy atom. The molecule has 1 heterocycles. The molecule has 1 aromatic heterocycles. The molecule has 78 valence electrons. The SMILES string of the molecule is COC(=O)c1cc(C)n(C)c(=O)c1C#N. The van der Waals surface area contributed by atoms with Crippen molar-refractivity contribution >= 4 is 5.97 Å². The highest BCUT2D eigenvalue weighted by Crippen LogP contribution is 2.07. The molecule has 0 spiro atoms. The highest BCUT2D eigenvalue weighted by atomic mass is 16.5. The first-order valence-corrected chi connectivity index (χ1v) is 4.22. The molecule has 0 saturated carbocycles. The van der Waals surface area contributed by atoms with Crippen molar-refractivity contribution in [2.75, 3.05) is 7.11 Å². The van der Waals surface area contributed by atoms with Crippen molar-refractivity contribution in [3.8, 4) is 6.07 Å². The number of nitrogens with zero attached hydrogens (tertiary/aromatic N) is 2. The highest BCUT2D eigenvalue weighted by molar-refractivity contribution is 5.92. The molecule has 0 aliphatic rings. The molecule has 5 nitrogen and oxygen atoms in total. The Kier molecular flexibility index (Phi) is 2.90. The van der Waals surface area contributed by atoms with Crippen molar-refractivity contribution in [1.82, 2.24) is 4.57 Å². The number of esters is 1. The summed E-state index contributed by atoms with van der Waals surface area (Å²) in [5, 5.41) is 8.79. The number of rotatable bonds is 1. The Balaban J connectivity index is 3.62. The quantitative estimate of drug-likeness (QED) is 0.621. The van der Waals surface area contributed by atoms with E-state index in [4.69, 9.17) is 5.26 Å². The highest BCUT2D eigenvalue weighted by Gasteiger charge is 2.17. The van der Waals surface area contributed by atoms with Crippen LogP contribution in [0.25, 0.3) is 0 Å². The third-order valence-corrected chi connectivity index (χ3v) is 2.19. The van der Waals surface area contributed by atoms with Crippen molar-refractivity contribution in [2.24, 2.45) is 7.05 Å². The monoisotopic (exact) mass is 206 g/mol. The van der Waals surface area contributed by atoms with Crippen molar-refractivity contribution in [3.05, 3.63) is 33.2 Å². The Bertz CT molecular complexity index is 509. The van der Waals surface area contributed by atoms with Crippen molar-refractivity contribution < 1.29 is 9.53 Å². The van der Waals surface area contributed by atoms with Gasteiger partial charge in [0.05, 0.1) is 12.7 Å². The fourth-order valence-electron chi connectivity index (χ4n) is 1.20. The van der Waals surface area contributed by atoms with Gasteiger partial charge in [-0.1, -0.05) is 0 Å². The first-order chi connectivity index (χ1) is 7.02. The number of carbonyl (C=O) groups excluding carboxylic acids is 1. The molecule has 0 saturated heterocycles. The fourth-order valence-corrected chi connectivity index (χ4v) is 1.20. The molecule has 0 unspecified atom stereocenters. The summed E-state index contributed by atoms with van der Waals surface area (Å²) in [4.78, 5) is 22.9. The van der Waals surface area contributed by atoms with E-state index in [0.29, 0.717) is 5.69 Å². The van der Waals surface area contributed by atoms with Crippen LogP contribution >= 0.6 is 0 Å². The lowest BCUT2D eigenvalue weighted by atomic mass is 10.1. The first kappa shape index (κ1) is 11.0. The molecule has 1 rings (SSSR count). The van der Waals surface area contributed by atoms with Crippen LogP contribution in [-0.4, -0.2) is 17.6 Å². The number of nitriles is 1. The van der Waals surface area contributed by atoms with E-state index in [1.807, 2.05) is 0 Å². The molecule has 0 atom stereocenters. The van der Waals surface area contributed by atoms with Gasteiger partial charge in [0.15, 0.2) is 0 Å². The molecule has 0 fully saturated rings. The van der Waals surface area contributed by atoms with Crippen LogP contribution in [0.4, 0.5) is 0 Å². The zero-order valence-corrected chi connectivity index (χ0v) is 8.70. The molecule has 0 amide bonds. The van der Waals surface area contributed by atoms with Gasteiger partial charge in [0, 0.05) is 12.7 Å². The van der Waals surface area contributed by atoms with Gasteiger partial charge in [0.25, 0.3) is 5.56 Å². The molecule has 0 radical (unpaired) electrons. The summed E-state index contributed by atoms with van der Waals surface area (Å²) in [5.41, 5.74) is -0.0622. The van der Waals surface area contributed by atoms with E-state index in [2.05, 4.69) is 4.74 Å². The van der Waals surface area contributed by atoms with E-state index >= 15 is 0 Å². The maximum Gasteiger partial charge on any atom is 0.339 e. The molecule has 1 aromatic rings. The van der Waals surface area contributed by atoms with Gasteiger partial charge >= 0.3 is 5.97 Å². The topological polar surface area (TPSA) is 72.1 Å². The zero-order valence-electron chi connectivity index (χ0n) is 8.70. The largest absolute Gasteiger partial charge is 0.465 e. The predicted octanol–water partition coefficient (Wildman–Crippen LogP) is 0.352. The number of methoxy groups -OCH3 is 1. The molecule has 0 aromatic carbocycles. The summed E-state index contributed by atoms with van der Waals surface area (Å²) in [6.07, 6.45) is 0. The average Bonchev–Trinajstić information content (AvgIpc) is 2.24. The Labute approximate surface area is 86.5 Å². The van der Waals surface area contributed by atoms with E-state index in [-0.39, 0.29) is 11.1 Å². The molecule has 0 aliphatic heterocycles. The maximum absolute atomic E-state index is 11.6. The van der Waals surface area contributed by atoms with Gasteiger partial charge in [-0.2, -0.15) is 5.26 Å². The minimum atomic E-state index is -0.674. The average molecular weight is 206 g/mol. The predicted molar refractivity (Wildman–Crippen MR) is 52.5 cm³/mol. The van der Waals surface area contributed by atoms with Crippen molar-refractivity contribution in [2.45, 2.75) is 6.92 Å². The number of aryl methyl sites for hydroxylation is 1. The van der Waals surface area contributed by atoms with Gasteiger partial charge in [0.2, 0.25) is 0 Å². The summed E-state index contributed by atoms with van der Waals surface area (Å²) in [6, 6.07) is 3.18. The number of hydrogen-bond acceptors (Lipinski definition) is 4. The van der Waals surface area contributed by atoms with Gasteiger partial charge in [-0.3, -0.25) is 4.79 Å². The third kappa shape index (κ3) is 1.74. The Hall–Kier alpha value is -2.09. The summed E-state index contributed by atoms with van der Waals surface area (Å²) < 4.78 is 5.80. The second-order valence-corrected chi connectivity index (χ2v) is 3.04. The lowest BCUT2D eigenvalue weighted by Gasteiger charge is -2.07. The summed E-state index contributed by atoms with van der Waals surface area (Å²) in [5.74, 6) is -0.674. The van der Waals surface area contributed by atoms with Crippen LogP contribution in [-0.2, 0) is 11.8 Å². The zero-order chi connectivity index (χ0) is 11.6. The molecule has 15 heavy (non-hydrogen) atoms. The fraction of sp³-hybridized carbons (Fsp3) is 0.300. The minimum Gasteiger partial charge on any atom is -0.465 e. The second-order valence-electron chi connectivity index (χ2n) is 3.04. The normalized spacial score (nSPS) is 9.47. The van der Waals surface area contributed by atoms with Crippen LogP contribution in [0.2, 0.25) is 0 Å². The molecular formula is C10H10N2O3. The van der Waals surface area contributed by atoms with Crippen LogP contribution in [0.1, 0.15) is 21.6 Å². The molecule has 0 N–H and O–H groups in total.